The van der Waals surface area contributed by atoms with Crippen LogP contribution in [0, 0.1) is 6.92 Å². The molecule has 1 aliphatic rings. The Morgan fingerprint density at radius 3 is 2.88 bits per heavy atom. The normalized spacial score (nSPS) is 18.8. The molecule has 136 valence electrons. The number of aryl methyl sites for hydroxylation is 1. The predicted molar refractivity (Wildman–Crippen MR) is 113 cm³/mol. The largest absolute Gasteiger partial charge is 0.378 e. The zero-order valence-corrected chi connectivity index (χ0v) is 17.5. The minimum absolute atomic E-state index is 0. The number of ether oxygens (including phenoxy) is 1. The summed E-state index contributed by atoms with van der Waals surface area (Å²) in [5.74, 6) is 1.33. The van der Waals surface area contributed by atoms with Crippen LogP contribution in [0.4, 0.5) is 0 Å². The number of rotatable bonds is 7. The summed E-state index contributed by atoms with van der Waals surface area (Å²) in [5.41, 5.74) is 2.66. The number of halogens is 1. The van der Waals surface area contributed by atoms with Crippen molar-refractivity contribution in [2.75, 3.05) is 26.2 Å². The first-order valence-electron chi connectivity index (χ1n) is 8.89. The highest BCUT2D eigenvalue weighted by molar-refractivity contribution is 14.0. The van der Waals surface area contributed by atoms with Gasteiger partial charge >= 0.3 is 0 Å². The number of hydrogen-bond donors (Lipinski definition) is 2. The molecule has 0 amide bonds. The second kappa shape index (κ2) is 11.7. The van der Waals surface area contributed by atoms with Crippen LogP contribution in [0.25, 0.3) is 0 Å². The van der Waals surface area contributed by atoms with Crippen LogP contribution in [0.5, 0.6) is 0 Å². The maximum absolute atomic E-state index is 5.66. The lowest BCUT2D eigenvalue weighted by Crippen LogP contribution is -2.38. The molecule has 1 aliphatic heterocycles. The Hall–Kier alpha value is -0.820. The van der Waals surface area contributed by atoms with E-state index < -0.39 is 0 Å². The molecular weight excluding hydrogens is 413 g/mol. The summed E-state index contributed by atoms with van der Waals surface area (Å²) < 4.78 is 5.66. The average molecular weight is 445 g/mol. The SMILES string of the molecule is CCNC(=NCC(C)c1cccc(C)c1)NCCC1CCCO1.I. The first kappa shape index (κ1) is 21.2. The Morgan fingerprint density at radius 2 is 2.21 bits per heavy atom. The summed E-state index contributed by atoms with van der Waals surface area (Å²) in [7, 11) is 0. The van der Waals surface area contributed by atoms with E-state index in [2.05, 4.69) is 55.7 Å². The molecule has 1 heterocycles. The van der Waals surface area contributed by atoms with E-state index >= 15 is 0 Å². The molecule has 1 aromatic carbocycles. The maximum atomic E-state index is 5.66. The molecule has 1 saturated heterocycles. The Labute approximate surface area is 163 Å². The molecule has 0 saturated carbocycles. The molecule has 2 atom stereocenters. The average Bonchev–Trinajstić information content (AvgIpc) is 3.05. The Bertz CT molecular complexity index is 501. The number of aliphatic imine (C=N–C) groups is 1. The van der Waals surface area contributed by atoms with Gasteiger partial charge in [0.25, 0.3) is 0 Å². The van der Waals surface area contributed by atoms with Gasteiger partial charge in [-0.2, -0.15) is 0 Å². The van der Waals surface area contributed by atoms with Crippen molar-refractivity contribution in [2.24, 2.45) is 4.99 Å². The predicted octanol–water partition coefficient (Wildman–Crippen LogP) is 3.84. The van der Waals surface area contributed by atoms with Crippen LogP contribution in [0.1, 0.15) is 50.2 Å². The van der Waals surface area contributed by atoms with Crippen molar-refractivity contribution >= 4 is 29.9 Å². The molecule has 24 heavy (non-hydrogen) atoms. The van der Waals surface area contributed by atoms with Crippen molar-refractivity contribution in [1.29, 1.82) is 0 Å². The molecule has 0 spiro atoms. The zero-order chi connectivity index (χ0) is 16.5. The molecule has 0 aromatic heterocycles. The lowest BCUT2D eigenvalue weighted by atomic mass is 10.00. The Balaban J connectivity index is 0.00000288. The molecule has 0 aliphatic carbocycles. The molecule has 5 heteroatoms. The summed E-state index contributed by atoms with van der Waals surface area (Å²) >= 11 is 0. The lowest BCUT2D eigenvalue weighted by molar-refractivity contribution is 0.105. The van der Waals surface area contributed by atoms with E-state index in [1.54, 1.807) is 0 Å². The van der Waals surface area contributed by atoms with Crippen LogP contribution in [0.15, 0.2) is 29.3 Å². The molecule has 1 fully saturated rings. The van der Waals surface area contributed by atoms with Crippen molar-refractivity contribution in [3.63, 3.8) is 0 Å². The van der Waals surface area contributed by atoms with E-state index in [1.165, 1.54) is 24.0 Å². The highest BCUT2D eigenvalue weighted by Crippen LogP contribution is 2.17. The first-order valence-corrected chi connectivity index (χ1v) is 8.89. The molecule has 4 nitrogen and oxygen atoms in total. The molecule has 0 bridgehead atoms. The maximum Gasteiger partial charge on any atom is 0.191 e. The van der Waals surface area contributed by atoms with Gasteiger partial charge in [0.15, 0.2) is 5.96 Å². The van der Waals surface area contributed by atoms with Gasteiger partial charge in [-0.3, -0.25) is 4.99 Å². The topological polar surface area (TPSA) is 45.7 Å². The van der Waals surface area contributed by atoms with Crippen LogP contribution in [-0.2, 0) is 4.74 Å². The van der Waals surface area contributed by atoms with Crippen molar-refractivity contribution in [3.8, 4) is 0 Å². The van der Waals surface area contributed by atoms with Crippen LogP contribution < -0.4 is 10.6 Å². The highest BCUT2D eigenvalue weighted by atomic mass is 127. The molecular formula is C19H32IN3O. The van der Waals surface area contributed by atoms with E-state index in [0.29, 0.717) is 12.0 Å². The van der Waals surface area contributed by atoms with E-state index in [4.69, 9.17) is 9.73 Å². The van der Waals surface area contributed by atoms with Crippen LogP contribution in [0.3, 0.4) is 0 Å². The smallest absolute Gasteiger partial charge is 0.191 e. The highest BCUT2D eigenvalue weighted by Gasteiger charge is 2.14. The summed E-state index contributed by atoms with van der Waals surface area (Å²) in [4.78, 5) is 4.74. The Morgan fingerprint density at radius 1 is 1.38 bits per heavy atom. The third-order valence-corrected chi connectivity index (χ3v) is 4.26. The van der Waals surface area contributed by atoms with Gasteiger partial charge in [-0.15, -0.1) is 24.0 Å². The molecule has 2 unspecified atom stereocenters. The second-order valence-electron chi connectivity index (χ2n) is 6.39. The van der Waals surface area contributed by atoms with Crippen molar-refractivity contribution in [2.45, 2.75) is 52.1 Å². The van der Waals surface area contributed by atoms with Gasteiger partial charge < -0.3 is 15.4 Å². The number of nitrogens with one attached hydrogen (secondary N) is 2. The van der Waals surface area contributed by atoms with Crippen molar-refractivity contribution < 1.29 is 4.74 Å². The van der Waals surface area contributed by atoms with Crippen molar-refractivity contribution in [3.05, 3.63) is 35.4 Å². The number of nitrogens with zero attached hydrogens (tertiary/aromatic N) is 1. The summed E-state index contributed by atoms with van der Waals surface area (Å²) in [6.07, 6.45) is 3.88. The minimum Gasteiger partial charge on any atom is -0.378 e. The van der Waals surface area contributed by atoms with Crippen LogP contribution in [-0.4, -0.2) is 38.3 Å². The molecule has 2 N–H and O–H groups in total. The van der Waals surface area contributed by atoms with Gasteiger partial charge in [-0.1, -0.05) is 36.8 Å². The fraction of sp³-hybridized carbons (Fsp3) is 0.632. The monoisotopic (exact) mass is 445 g/mol. The summed E-state index contributed by atoms with van der Waals surface area (Å²) in [6.45, 7) is 9.97. The summed E-state index contributed by atoms with van der Waals surface area (Å²) in [5, 5.41) is 6.75. The number of hydrogen-bond acceptors (Lipinski definition) is 2. The van der Waals surface area contributed by atoms with Gasteiger partial charge in [-0.25, -0.2) is 0 Å². The summed E-state index contributed by atoms with van der Waals surface area (Å²) in [6, 6.07) is 8.69. The fourth-order valence-corrected chi connectivity index (χ4v) is 2.88. The van der Waals surface area contributed by atoms with Crippen molar-refractivity contribution in [1.82, 2.24) is 10.6 Å². The van der Waals surface area contributed by atoms with E-state index in [-0.39, 0.29) is 24.0 Å². The molecule has 0 radical (unpaired) electrons. The van der Waals surface area contributed by atoms with Gasteiger partial charge in [0, 0.05) is 32.2 Å². The van der Waals surface area contributed by atoms with Crippen LogP contribution >= 0.6 is 24.0 Å². The third-order valence-electron chi connectivity index (χ3n) is 4.26. The molecule has 2 rings (SSSR count). The zero-order valence-electron chi connectivity index (χ0n) is 15.2. The third kappa shape index (κ3) is 7.38. The standard InChI is InChI=1S/C19H31N3O.HI/c1-4-20-19(21-11-10-18-9-6-12-23-18)22-14-16(3)17-8-5-7-15(2)13-17;/h5,7-8,13,16,18H,4,6,9-12,14H2,1-3H3,(H2,20,21,22);1H. The van der Waals surface area contributed by atoms with Crippen LogP contribution in [0.2, 0.25) is 0 Å². The van der Waals surface area contributed by atoms with E-state index in [0.717, 1.165) is 38.6 Å². The first-order chi connectivity index (χ1) is 11.2. The lowest BCUT2D eigenvalue weighted by Gasteiger charge is -2.15. The van der Waals surface area contributed by atoms with Gasteiger partial charge in [0.2, 0.25) is 0 Å². The second-order valence-corrected chi connectivity index (χ2v) is 6.39. The fourth-order valence-electron chi connectivity index (χ4n) is 2.88. The van der Waals surface area contributed by atoms with E-state index in [9.17, 15) is 0 Å². The number of guanidine groups is 1. The molecule has 1 aromatic rings. The number of benzene rings is 1. The van der Waals surface area contributed by atoms with Gasteiger partial charge in [-0.05, 0) is 38.7 Å². The minimum atomic E-state index is 0. The van der Waals surface area contributed by atoms with E-state index in [1.807, 2.05) is 0 Å². The van der Waals surface area contributed by atoms with Gasteiger partial charge in [0.05, 0.1) is 6.10 Å². The van der Waals surface area contributed by atoms with Gasteiger partial charge in [0.1, 0.15) is 0 Å². The quantitative estimate of drug-likeness (QED) is 0.381. The Kier molecular flexibility index (Phi) is 10.3.